The molecule has 0 aliphatic heterocycles. The van der Waals surface area contributed by atoms with Gasteiger partial charge in [0.1, 0.15) is 0 Å². The van der Waals surface area contributed by atoms with Crippen LogP contribution in [0.1, 0.15) is 56.2 Å². The largest absolute Gasteiger partial charge is 0.313 e. The molecule has 0 saturated carbocycles. The fourth-order valence-electron chi connectivity index (χ4n) is 3.08. The van der Waals surface area contributed by atoms with Crippen LogP contribution < -0.4 is 5.32 Å². The lowest BCUT2D eigenvalue weighted by atomic mass is 9.91. The van der Waals surface area contributed by atoms with Crippen LogP contribution >= 0.6 is 0 Å². The lowest BCUT2D eigenvalue weighted by Crippen LogP contribution is -2.17. The van der Waals surface area contributed by atoms with E-state index in [1.54, 1.807) is 0 Å². The molecule has 0 amide bonds. The summed E-state index contributed by atoms with van der Waals surface area (Å²) in [7, 11) is 2.09. The molecule has 20 heavy (non-hydrogen) atoms. The monoisotopic (exact) mass is 269 g/mol. The topological polar surface area (TPSA) is 12.0 Å². The number of aryl methyl sites for hydroxylation is 1. The van der Waals surface area contributed by atoms with Crippen LogP contribution in [0, 0.1) is 6.92 Å². The van der Waals surface area contributed by atoms with Crippen molar-refractivity contribution in [1.29, 1.82) is 0 Å². The van der Waals surface area contributed by atoms with E-state index in [1.807, 2.05) is 0 Å². The standard InChI is InChI=1S/C19H27N/c1-4-5-6-7-12-18(20-3)19-15(2)13-14-16-10-8-9-11-17(16)19/h8-11,13-14,18,20H,4-7,12H2,1-3H3. The van der Waals surface area contributed by atoms with Crippen molar-refractivity contribution >= 4 is 10.8 Å². The zero-order chi connectivity index (χ0) is 14.4. The summed E-state index contributed by atoms with van der Waals surface area (Å²) in [6.45, 7) is 4.50. The number of fused-ring (bicyclic) bond motifs is 1. The third-order valence-electron chi connectivity index (χ3n) is 4.23. The number of benzene rings is 2. The van der Waals surface area contributed by atoms with Crippen LogP contribution in [0.2, 0.25) is 0 Å². The lowest BCUT2D eigenvalue weighted by molar-refractivity contribution is 0.506. The highest BCUT2D eigenvalue weighted by molar-refractivity contribution is 5.87. The minimum atomic E-state index is 0.470. The van der Waals surface area contributed by atoms with Gasteiger partial charge in [0.15, 0.2) is 0 Å². The lowest BCUT2D eigenvalue weighted by Gasteiger charge is -2.21. The van der Waals surface area contributed by atoms with E-state index in [0.29, 0.717) is 6.04 Å². The highest BCUT2D eigenvalue weighted by Crippen LogP contribution is 2.30. The molecular formula is C19H27N. The molecule has 0 aliphatic carbocycles. The molecule has 2 rings (SSSR count). The SMILES string of the molecule is CCCCCCC(NC)c1c(C)ccc2ccccc12. The van der Waals surface area contributed by atoms with Crippen LogP contribution in [-0.2, 0) is 0 Å². The zero-order valence-corrected chi connectivity index (χ0v) is 13.1. The van der Waals surface area contributed by atoms with Gasteiger partial charge in [-0.05, 0) is 42.3 Å². The average Bonchev–Trinajstić information content (AvgIpc) is 2.48. The van der Waals surface area contributed by atoms with Crippen molar-refractivity contribution in [2.75, 3.05) is 7.05 Å². The van der Waals surface area contributed by atoms with Crippen LogP contribution in [-0.4, -0.2) is 7.05 Å². The van der Waals surface area contributed by atoms with Crippen LogP contribution in [0.5, 0.6) is 0 Å². The molecular weight excluding hydrogens is 242 g/mol. The van der Waals surface area contributed by atoms with Gasteiger partial charge >= 0.3 is 0 Å². The Balaban J connectivity index is 2.26. The minimum absolute atomic E-state index is 0.470. The molecule has 1 unspecified atom stereocenters. The summed E-state index contributed by atoms with van der Waals surface area (Å²) in [6, 6.07) is 13.7. The molecule has 0 aliphatic rings. The second-order valence-corrected chi connectivity index (χ2v) is 5.71. The molecule has 0 heterocycles. The Kier molecular flexibility index (Phi) is 5.60. The number of nitrogens with one attached hydrogen (secondary N) is 1. The maximum absolute atomic E-state index is 3.53. The molecule has 0 bridgehead atoms. The first-order valence-corrected chi connectivity index (χ1v) is 7.93. The molecule has 108 valence electrons. The smallest absolute Gasteiger partial charge is 0.0326 e. The van der Waals surface area contributed by atoms with Gasteiger partial charge in [0.25, 0.3) is 0 Å². The molecule has 0 radical (unpaired) electrons. The summed E-state index contributed by atoms with van der Waals surface area (Å²) in [6.07, 6.45) is 6.54. The van der Waals surface area contributed by atoms with Gasteiger partial charge in [-0.3, -0.25) is 0 Å². The van der Waals surface area contributed by atoms with Crippen LogP contribution in [0.15, 0.2) is 36.4 Å². The summed E-state index contributed by atoms with van der Waals surface area (Å²) < 4.78 is 0. The van der Waals surface area contributed by atoms with Crippen molar-refractivity contribution in [2.45, 2.75) is 52.0 Å². The molecule has 0 spiro atoms. The van der Waals surface area contributed by atoms with Gasteiger partial charge in [-0.25, -0.2) is 0 Å². The summed E-state index contributed by atoms with van der Waals surface area (Å²) >= 11 is 0. The summed E-state index contributed by atoms with van der Waals surface area (Å²) in [5.41, 5.74) is 2.89. The quantitative estimate of drug-likeness (QED) is 0.665. The van der Waals surface area contributed by atoms with Gasteiger partial charge in [-0.1, -0.05) is 69.0 Å². The first-order valence-electron chi connectivity index (χ1n) is 7.93. The predicted molar refractivity (Wildman–Crippen MR) is 89.2 cm³/mol. The Labute approximate surface area is 123 Å². The predicted octanol–water partition coefficient (Wildman–Crippen LogP) is 5.38. The third kappa shape index (κ3) is 3.40. The summed E-state index contributed by atoms with van der Waals surface area (Å²) in [4.78, 5) is 0. The van der Waals surface area contributed by atoms with Gasteiger partial charge < -0.3 is 5.32 Å². The number of rotatable bonds is 7. The van der Waals surface area contributed by atoms with Gasteiger partial charge in [0.2, 0.25) is 0 Å². The molecule has 1 heteroatoms. The number of hydrogen-bond donors (Lipinski definition) is 1. The maximum atomic E-state index is 3.53. The molecule has 1 nitrogen and oxygen atoms in total. The van der Waals surface area contributed by atoms with Crippen molar-refractivity contribution in [3.8, 4) is 0 Å². The van der Waals surface area contributed by atoms with Crippen LogP contribution in [0.4, 0.5) is 0 Å². The summed E-state index contributed by atoms with van der Waals surface area (Å²) in [5, 5.41) is 6.28. The average molecular weight is 269 g/mol. The van der Waals surface area contributed by atoms with E-state index in [2.05, 4.69) is 62.6 Å². The maximum Gasteiger partial charge on any atom is 0.0326 e. The Morgan fingerprint density at radius 1 is 1.00 bits per heavy atom. The van der Waals surface area contributed by atoms with E-state index < -0.39 is 0 Å². The normalized spacial score (nSPS) is 12.8. The molecule has 2 aromatic rings. The first-order chi connectivity index (χ1) is 9.77. The van der Waals surface area contributed by atoms with Crippen molar-refractivity contribution < 1.29 is 0 Å². The minimum Gasteiger partial charge on any atom is -0.313 e. The molecule has 0 saturated heterocycles. The van der Waals surface area contributed by atoms with Crippen molar-refractivity contribution in [2.24, 2.45) is 0 Å². The molecule has 1 N–H and O–H groups in total. The van der Waals surface area contributed by atoms with Gasteiger partial charge in [0, 0.05) is 6.04 Å². The van der Waals surface area contributed by atoms with E-state index in [1.165, 1.54) is 54.0 Å². The number of hydrogen-bond acceptors (Lipinski definition) is 1. The van der Waals surface area contributed by atoms with Gasteiger partial charge in [0.05, 0.1) is 0 Å². The van der Waals surface area contributed by atoms with Crippen molar-refractivity contribution in [3.05, 3.63) is 47.5 Å². The molecule has 0 aromatic heterocycles. The van der Waals surface area contributed by atoms with Crippen molar-refractivity contribution in [1.82, 2.24) is 5.32 Å². The third-order valence-corrected chi connectivity index (χ3v) is 4.23. The molecule has 0 fully saturated rings. The number of unbranched alkanes of at least 4 members (excludes halogenated alkanes) is 3. The van der Waals surface area contributed by atoms with Crippen LogP contribution in [0.25, 0.3) is 10.8 Å². The second kappa shape index (κ2) is 7.44. The van der Waals surface area contributed by atoms with E-state index in [0.717, 1.165) is 0 Å². The summed E-state index contributed by atoms with van der Waals surface area (Å²) in [5.74, 6) is 0. The Morgan fingerprint density at radius 2 is 1.80 bits per heavy atom. The van der Waals surface area contributed by atoms with E-state index in [9.17, 15) is 0 Å². The van der Waals surface area contributed by atoms with E-state index >= 15 is 0 Å². The Morgan fingerprint density at radius 3 is 2.55 bits per heavy atom. The highest BCUT2D eigenvalue weighted by Gasteiger charge is 2.14. The van der Waals surface area contributed by atoms with Gasteiger partial charge in [-0.2, -0.15) is 0 Å². The van der Waals surface area contributed by atoms with E-state index in [-0.39, 0.29) is 0 Å². The fourth-order valence-corrected chi connectivity index (χ4v) is 3.08. The Bertz CT molecular complexity index is 544. The zero-order valence-electron chi connectivity index (χ0n) is 13.1. The molecule has 2 aromatic carbocycles. The van der Waals surface area contributed by atoms with Crippen LogP contribution in [0.3, 0.4) is 0 Å². The Hall–Kier alpha value is -1.34. The second-order valence-electron chi connectivity index (χ2n) is 5.71. The highest BCUT2D eigenvalue weighted by atomic mass is 14.9. The first kappa shape index (κ1) is 15.1. The van der Waals surface area contributed by atoms with Crippen molar-refractivity contribution in [3.63, 3.8) is 0 Å². The molecule has 1 atom stereocenters. The van der Waals surface area contributed by atoms with E-state index in [4.69, 9.17) is 0 Å². The fraction of sp³-hybridized carbons (Fsp3) is 0.474. The van der Waals surface area contributed by atoms with Gasteiger partial charge in [-0.15, -0.1) is 0 Å².